The number of carbonyl (C=O) groups is 2. The first kappa shape index (κ1) is 18.2. The maximum Gasteiger partial charge on any atom is 0.412 e. The highest BCUT2D eigenvalue weighted by Gasteiger charge is 2.17. The predicted octanol–water partition coefficient (Wildman–Crippen LogP) is 2.59. The van der Waals surface area contributed by atoms with Gasteiger partial charge in [0.25, 0.3) is 0 Å². The van der Waals surface area contributed by atoms with Crippen LogP contribution in [-0.2, 0) is 9.53 Å². The van der Waals surface area contributed by atoms with Crippen LogP contribution in [0.4, 0.5) is 10.5 Å². The molecule has 4 N–H and O–H groups in total. The lowest BCUT2D eigenvalue weighted by atomic mass is 10.0. The smallest absolute Gasteiger partial charge is 0.412 e. The molecule has 0 unspecified atom stereocenters. The summed E-state index contributed by atoms with van der Waals surface area (Å²) in [6.07, 6.45) is 0.666. The van der Waals surface area contributed by atoms with Crippen molar-refractivity contribution in [1.29, 1.82) is 5.41 Å². The molecule has 0 saturated carbocycles. The summed E-state index contributed by atoms with van der Waals surface area (Å²) in [6.45, 7) is 5.29. The molecule has 0 aromatic heterocycles. The highest BCUT2D eigenvalue weighted by atomic mass is 16.6. The van der Waals surface area contributed by atoms with E-state index in [9.17, 15) is 9.59 Å². The van der Waals surface area contributed by atoms with Crippen LogP contribution in [0.1, 0.15) is 26.3 Å². The average Bonchev–Trinajstić information content (AvgIpc) is 2.42. The van der Waals surface area contributed by atoms with Gasteiger partial charge in [0, 0.05) is 24.5 Å². The Balaban J connectivity index is 2.84. The number of ether oxygens (including phenoxy) is 1. The van der Waals surface area contributed by atoms with Gasteiger partial charge in [-0.25, -0.2) is 9.59 Å². The maximum absolute atomic E-state index is 11.7. The molecule has 7 nitrogen and oxygen atoms in total. The Bertz CT molecular complexity index is 628. The molecule has 1 rings (SSSR count). The Morgan fingerprint density at radius 2 is 1.78 bits per heavy atom. The molecule has 0 aliphatic rings. The predicted molar refractivity (Wildman–Crippen MR) is 87.9 cm³/mol. The molecule has 7 heteroatoms. The quantitative estimate of drug-likeness (QED) is 0.492. The fourth-order valence-corrected chi connectivity index (χ4v) is 1.68. The lowest BCUT2D eigenvalue weighted by molar-refractivity contribution is -0.132. The minimum Gasteiger partial charge on any atom is -0.478 e. The Kier molecular flexibility index (Phi) is 5.89. The van der Waals surface area contributed by atoms with Gasteiger partial charge in [-0.05, 0) is 32.9 Å². The van der Waals surface area contributed by atoms with Gasteiger partial charge < -0.3 is 15.2 Å². The summed E-state index contributed by atoms with van der Waals surface area (Å²) in [7, 11) is 1.56. The van der Waals surface area contributed by atoms with E-state index in [4.69, 9.17) is 15.3 Å². The van der Waals surface area contributed by atoms with Gasteiger partial charge in [-0.1, -0.05) is 12.1 Å². The van der Waals surface area contributed by atoms with Gasteiger partial charge in [0.15, 0.2) is 0 Å². The van der Waals surface area contributed by atoms with Crippen molar-refractivity contribution in [2.24, 2.45) is 0 Å². The number of benzene rings is 1. The molecule has 0 atom stereocenters. The third-order valence-electron chi connectivity index (χ3n) is 2.61. The molecule has 0 radical (unpaired) electrons. The summed E-state index contributed by atoms with van der Waals surface area (Å²) in [5, 5.41) is 22.2. The molecule has 0 heterocycles. The summed E-state index contributed by atoms with van der Waals surface area (Å²) < 4.78 is 5.13. The minimum atomic E-state index is -1.19. The number of carbonyl (C=O) groups excluding carboxylic acids is 1. The van der Waals surface area contributed by atoms with Crippen molar-refractivity contribution in [2.75, 3.05) is 12.4 Å². The highest BCUT2D eigenvalue weighted by Crippen LogP contribution is 2.15. The van der Waals surface area contributed by atoms with E-state index in [0.717, 1.165) is 0 Å². The zero-order chi connectivity index (χ0) is 17.6. The Hall–Kier alpha value is -2.83. The summed E-state index contributed by atoms with van der Waals surface area (Å²) in [6, 6.07) is 6.27. The zero-order valence-corrected chi connectivity index (χ0v) is 13.6. The van der Waals surface area contributed by atoms with Gasteiger partial charge in [-0.3, -0.25) is 10.7 Å². The lowest BCUT2D eigenvalue weighted by Crippen LogP contribution is -2.27. The number of carboxylic acids is 1. The molecule has 0 spiro atoms. The minimum absolute atomic E-state index is 0.129. The first-order chi connectivity index (χ1) is 10.6. The van der Waals surface area contributed by atoms with Gasteiger partial charge in [-0.2, -0.15) is 0 Å². The number of hydrogen-bond acceptors (Lipinski definition) is 5. The van der Waals surface area contributed by atoms with Crippen LogP contribution in [0.15, 0.2) is 36.0 Å². The largest absolute Gasteiger partial charge is 0.478 e. The van der Waals surface area contributed by atoms with E-state index in [-0.39, 0.29) is 11.3 Å². The summed E-state index contributed by atoms with van der Waals surface area (Å²) >= 11 is 0. The van der Waals surface area contributed by atoms with Crippen molar-refractivity contribution >= 4 is 23.5 Å². The van der Waals surface area contributed by atoms with Gasteiger partial charge in [-0.15, -0.1) is 0 Å². The zero-order valence-electron chi connectivity index (χ0n) is 13.6. The number of aliphatic carboxylic acids is 1. The maximum atomic E-state index is 11.7. The third kappa shape index (κ3) is 5.82. The van der Waals surface area contributed by atoms with Crippen molar-refractivity contribution in [3.63, 3.8) is 0 Å². The molecular weight excluding hydrogens is 298 g/mol. The van der Waals surface area contributed by atoms with Crippen LogP contribution >= 0.6 is 0 Å². The molecule has 1 aromatic rings. The Morgan fingerprint density at radius 3 is 2.22 bits per heavy atom. The van der Waals surface area contributed by atoms with E-state index in [1.165, 1.54) is 6.20 Å². The molecule has 0 fully saturated rings. The van der Waals surface area contributed by atoms with Crippen LogP contribution in [0.2, 0.25) is 0 Å². The van der Waals surface area contributed by atoms with Crippen molar-refractivity contribution in [1.82, 2.24) is 5.32 Å². The molecule has 23 heavy (non-hydrogen) atoms. The van der Waals surface area contributed by atoms with Crippen LogP contribution in [0.5, 0.6) is 0 Å². The number of carboxylic acid groups (broad SMARTS) is 1. The van der Waals surface area contributed by atoms with Crippen molar-refractivity contribution < 1.29 is 19.4 Å². The van der Waals surface area contributed by atoms with Gasteiger partial charge >= 0.3 is 12.1 Å². The summed E-state index contributed by atoms with van der Waals surface area (Å²) in [5.74, 6) is -1.19. The fraction of sp³-hybridized carbons (Fsp3) is 0.312. The molecule has 0 bridgehead atoms. The number of hydrogen-bond donors (Lipinski definition) is 4. The second-order valence-corrected chi connectivity index (χ2v) is 5.73. The van der Waals surface area contributed by atoms with Crippen molar-refractivity contribution in [3.8, 4) is 0 Å². The molecule has 1 amide bonds. The first-order valence-electron chi connectivity index (χ1n) is 6.94. The topological polar surface area (TPSA) is 112 Å². The van der Waals surface area contributed by atoms with E-state index in [0.29, 0.717) is 11.3 Å². The monoisotopic (exact) mass is 319 g/mol. The Morgan fingerprint density at radius 1 is 1.22 bits per heavy atom. The number of amides is 1. The molecule has 0 saturated heterocycles. The second kappa shape index (κ2) is 7.44. The third-order valence-corrected chi connectivity index (χ3v) is 2.61. The Labute approximate surface area is 134 Å². The molecular formula is C16H21N3O4. The van der Waals surface area contributed by atoms with Crippen LogP contribution in [-0.4, -0.2) is 35.5 Å². The van der Waals surface area contributed by atoms with Crippen LogP contribution in [0, 0.1) is 5.41 Å². The van der Waals surface area contributed by atoms with Crippen LogP contribution in [0.3, 0.4) is 0 Å². The van der Waals surface area contributed by atoms with Crippen molar-refractivity contribution in [3.05, 3.63) is 41.6 Å². The summed E-state index contributed by atoms with van der Waals surface area (Å²) in [5.41, 5.74) is 0.0328. The second-order valence-electron chi connectivity index (χ2n) is 5.73. The molecule has 124 valence electrons. The van der Waals surface area contributed by atoms with Crippen LogP contribution in [0.25, 0.3) is 0 Å². The lowest BCUT2D eigenvalue weighted by Gasteiger charge is -2.19. The highest BCUT2D eigenvalue weighted by molar-refractivity contribution is 6.24. The van der Waals surface area contributed by atoms with Crippen LogP contribution < -0.4 is 10.6 Å². The number of anilines is 1. The molecule has 1 aromatic carbocycles. The van der Waals surface area contributed by atoms with Gasteiger partial charge in [0.1, 0.15) is 11.2 Å². The van der Waals surface area contributed by atoms with E-state index in [1.54, 1.807) is 52.1 Å². The summed E-state index contributed by atoms with van der Waals surface area (Å²) in [4.78, 5) is 22.8. The first-order valence-corrected chi connectivity index (χ1v) is 6.94. The number of nitrogens with one attached hydrogen (secondary N) is 3. The molecule has 0 aliphatic heterocycles. The van der Waals surface area contributed by atoms with E-state index in [2.05, 4.69) is 10.6 Å². The van der Waals surface area contributed by atoms with Gasteiger partial charge in [0.05, 0.1) is 5.71 Å². The van der Waals surface area contributed by atoms with E-state index < -0.39 is 17.7 Å². The van der Waals surface area contributed by atoms with E-state index >= 15 is 0 Å². The average molecular weight is 319 g/mol. The van der Waals surface area contributed by atoms with E-state index in [1.807, 2.05) is 0 Å². The number of rotatable bonds is 5. The fourth-order valence-electron chi connectivity index (χ4n) is 1.68. The van der Waals surface area contributed by atoms with Gasteiger partial charge in [0.2, 0.25) is 0 Å². The standard InChI is InChI=1S/C16H21N3O4/c1-16(2,3)23-15(22)19-11-7-5-10(6-8-11)13(17)12(9-18-4)14(20)21/h5-9,17-18H,1-4H3,(H,19,22)(H,20,21)/b12-9+,17-13?. The SMILES string of the molecule is CN/C=C(\C(=N)c1ccc(NC(=O)OC(C)(C)C)cc1)C(=O)O. The van der Waals surface area contributed by atoms with Crippen molar-refractivity contribution in [2.45, 2.75) is 26.4 Å². The molecule has 0 aliphatic carbocycles. The normalized spacial score (nSPS) is 11.6.